The molecule has 0 amide bonds. The van der Waals surface area contributed by atoms with E-state index in [9.17, 15) is 0 Å². The average molecular weight is 57.8 g/mol. The minimum absolute atomic E-state index is 1.33. The van der Waals surface area contributed by atoms with Gasteiger partial charge in [0.05, 0.1) is 7.11 Å². The first kappa shape index (κ1) is 3.98. The van der Waals surface area contributed by atoms with Gasteiger partial charge in [-0.15, -0.1) is 0 Å². The van der Waals surface area contributed by atoms with Crippen molar-refractivity contribution in [1.82, 2.24) is 0 Å². The topological polar surface area (TPSA) is 18.5 Å². The molecule has 0 aliphatic rings. The molecular formula is CH3BO2. The zero-order chi connectivity index (χ0) is 3.41. The van der Waals surface area contributed by atoms with E-state index >= 15 is 0 Å². The second-order valence-electron chi connectivity index (χ2n) is 0.263. The van der Waals surface area contributed by atoms with E-state index in [1.165, 1.54) is 7.11 Å². The number of hydrogen-bond acceptors (Lipinski definition) is 2. The molecule has 2 nitrogen and oxygen atoms in total. The van der Waals surface area contributed by atoms with Crippen molar-refractivity contribution in [1.29, 1.82) is 0 Å². The van der Waals surface area contributed by atoms with Crippen molar-refractivity contribution < 1.29 is 9.69 Å². The highest BCUT2D eigenvalue weighted by atomic mass is 17.2. The van der Waals surface area contributed by atoms with E-state index in [0.29, 0.717) is 0 Å². The van der Waals surface area contributed by atoms with Gasteiger partial charge in [0.15, 0.2) is 0 Å². The summed E-state index contributed by atoms with van der Waals surface area (Å²) in [5.41, 5.74) is 0. The van der Waals surface area contributed by atoms with Crippen LogP contribution in [-0.4, -0.2) is 15.2 Å². The van der Waals surface area contributed by atoms with Crippen LogP contribution in [0.15, 0.2) is 0 Å². The van der Waals surface area contributed by atoms with Crippen molar-refractivity contribution in [3.05, 3.63) is 0 Å². The lowest BCUT2D eigenvalue weighted by Gasteiger charge is -1.79. The highest BCUT2D eigenvalue weighted by molar-refractivity contribution is 5.97. The van der Waals surface area contributed by atoms with Crippen LogP contribution in [-0.2, 0) is 9.69 Å². The zero-order valence-electron chi connectivity index (χ0n) is 2.39. The predicted octanol–water partition coefficient (Wildman–Crippen LogP) is -0.352. The second-order valence-corrected chi connectivity index (χ2v) is 0.263. The summed E-state index contributed by atoms with van der Waals surface area (Å²) in [7, 11) is 5.64. The van der Waals surface area contributed by atoms with E-state index in [-0.39, 0.29) is 0 Å². The Morgan fingerprint density at radius 2 is 2.00 bits per heavy atom. The maximum absolute atomic E-state index is 4.31. The molecule has 3 heteroatoms. The fourth-order valence-electron chi connectivity index (χ4n) is 0. The molecule has 0 heterocycles. The Morgan fingerprint density at radius 3 is 2.00 bits per heavy atom. The van der Waals surface area contributed by atoms with Gasteiger partial charge >= 0.3 is 8.05 Å². The van der Waals surface area contributed by atoms with Gasteiger partial charge < -0.3 is 4.81 Å². The summed E-state index contributed by atoms with van der Waals surface area (Å²) in [4.78, 5) is 7.36. The molecule has 0 bridgehead atoms. The molecule has 0 aromatic heterocycles. The lowest BCUT2D eigenvalue weighted by molar-refractivity contribution is -0.173. The largest absolute Gasteiger partial charge is 0.338 e. The Kier molecular flexibility index (Phi) is 2.97. The highest BCUT2D eigenvalue weighted by Gasteiger charge is 1.50. The summed E-state index contributed by atoms with van der Waals surface area (Å²) < 4.78 is 0. The molecular weight excluding hydrogens is 54.8 g/mol. The van der Waals surface area contributed by atoms with E-state index in [2.05, 4.69) is 17.7 Å². The molecule has 0 unspecified atom stereocenters. The fraction of sp³-hybridized carbons (Fsp3) is 1.00. The van der Waals surface area contributed by atoms with E-state index in [0.717, 1.165) is 0 Å². The van der Waals surface area contributed by atoms with Gasteiger partial charge in [0.25, 0.3) is 0 Å². The van der Waals surface area contributed by atoms with E-state index < -0.39 is 0 Å². The van der Waals surface area contributed by atoms with Crippen LogP contribution in [0.25, 0.3) is 0 Å². The van der Waals surface area contributed by atoms with Crippen molar-refractivity contribution in [2.45, 2.75) is 0 Å². The normalized spacial score (nSPS) is 7.25. The van der Waals surface area contributed by atoms with Crippen molar-refractivity contribution >= 4 is 8.05 Å². The van der Waals surface area contributed by atoms with Crippen LogP contribution in [0, 0.1) is 0 Å². The molecule has 0 saturated heterocycles. The van der Waals surface area contributed by atoms with Crippen LogP contribution >= 0.6 is 0 Å². The Bertz CT molecular complexity index is 8.00. The van der Waals surface area contributed by atoms with Gasteiger partial charge in [0.1, 0.15) is 0 Å². The molecule has 0 aliphatic carbocycles. The van der Waals surface area contributed by atoms with Crippen LogP contribution < -0.4 is 0 Å². The van der Waals surface area contributed by atoms with Crippen molar-refractivity contribution in [3.8, 4) is 0 Å². The molecule has 0 aromatic carbocycles. The fourth-order valence-corrected chi connectivity index (χ4v) is 0. The first-order valence-corrected chi connectivity index (χ1v) is 0.811. The molecule has 4 heavy (non-hydrogen) atoms. The summed E-state index contributed by atoms with van der Waals surface area (Å²) in [6.45, 7) is 0. The molecule has 0 fully saturated rings. The average Bonchev–Trinajstić information content (AvgIpc) is 1.37. The summed E-state index contributed by atoms with van der Waals surface area (Å²) >= 11 is 0. The van der Waals surface area contributed by atoms with Crippen LogP contribution in [0.3, 0.4) is 0 Å². The van der Waals surface area contributed by atoms with Crippen molar-refractivity contribution in [2.24, 2.45) is 0 Å². The molecule has 22 valence electrons. The minimum Gasteiger partial charge on any atom is -0.318 e. The van der Waals surface area contributed by atoms with Gasteiger partial charge in [-0.2, -0.15) is 0 Å². The van der Waals surface area contributed by atoms with Crippen LogP contribution in [0.4, 0.5) is 0 Å². The first-order valence-electron chi connectivity index (χ1n) is 0.811. The van der Waals surface area contributed by atoms with Crippen molar-refractivity contribution in [2.75, 3.05) is 7.11 Å². The Balaban J connectivity index is 1.97. The molecule has 0 atom stereocenters. The molecule has 0 N–H and O–H groups in total. The quantitative estimate of drug-likeness (QED) is 0.233. The Labute approximate surface area is 26.1 Å². The van der Waals surface area contributed by atoms with E-state index in [4.69, 9.17) is 0 Å². The Hall–Kier alpha value is -0.0151. The Morgan fingerprint density at radius 1 is 1.75 bits per heavy atom. The molecule has 2 radical (unpaired) electrons. The first-order chi connectivity index (χ1) is 1.91. The third-order valence-corrected chi connectivity index (χ3v) is 0.0962. The standard InChI is InChI=1S/CH3BO2/c1-3-4-2/h1H3. The maximum atomic E-state index is 4.31. The molecule has 0 rings (SSSR count). The van der Waals surface area contributed by atoms with Gasteiger partial charge in [-0.05, 0) is 0 Å². The SMILES string of the molecule is [B]OOC. The molecule has 0 aromatic rings. The molecule has 0 saturated carbocycles. The second kappa shape index (κ2) is 2.98. The summed E-state index contributed by atoms with van der Waals surface area (Å²) in [5, 5.41) is 0. The van der Waals surface area contributed by atoms with Gasteiger partial charge in [0, 0.05) is 0 Å². The number of hydrogen-bond donors (Lipinski definition) is 0. The lowest BCUT2D eigenvalue weighted by Crippen LogP contribution is -1.75. The summed E-state index contributed by atoms with van der Waals surface area (Å²) in [6, 6.07) is 0. The third kappa shape index (κ3) is 1.98. The lowest BCUT2D eigenvalue weighted by atomic mass is 10.6. The highest BCUT2D eigenvalue weighted by Crippen LogP contribution is 1.49. The molecule has 0 aliphatic heterocycles. The summed E-state index contributed by atoms with van der Waals surface area (Å²) in [5.74, 6) is 0. The maximum Gasteiger partial charge on any atom is 0.338 e. The van der Waals surface area contributed by atoms with Gasteiger partial charge in [-0.1, -0.05) is 0 Å². The van der Waals surface area contributed by atoms with Crippen LogP contribution in [0.1, 0.15) is 0 Å². The monoisotopic (exact) mass is 58.0 g/mol. The third-order valence-electron chi connectivity index (χ3n) is 0.0962. The number of rotatable bonds is 1. The van der Waals surface area contributed by atoms with Crippen molar-refractivity contribution in [3.63, 3.8) is 0 Å². The predicted molar refractivity (Wildman–Crippen MR) is 13.8 cm³/mol. The smallest absolute Gasteiger partial charge is 0.318 e. The van der Waals surface area contributed by atoms with Gasteiger partial charge in [-0.25, -0.2) is 0 Å². The van der Waals surface area contributed by atoms with Crippen LogP contribution in [0.5, 0.6) is 0 Å². The zero-order valence-corrected chi connectivity index (χ0v) is 2.39. The van der Waals surface area contributed by atoms with Crippen LogP contribution in [0.2, 0.25) is 0 Å². The summed E-state index contributed by atoms with van der Waals surface area (Å²) in [6.07, 6.45) is 0. The van der Waals surface area contributed by atoms with E-state index in [1.54, 1.807) is 0 Å². The molecule has 0 spiro atoms. The minimum atomic E-state index is 1.33. The van der Waals surface area contributed by atoms with E-state index in [1.807, 2.05) is 0 Å². The van der Waals surface area contributed by atoms with Gasteiger partial charge in [-0.3, -0.25) is 4.89 Å². The van der Waals surface area contributed by atoms with Gasteiger partial charge in [0.2, 0.25) is 0 Å².